The molecular weight excluding hydrogens is 248 g/mol. The summed E-state index contributed by atoms with van der Waals surface area (Å²) in [7, 11) is 1.57. The van der Waals surface area contributed by atoms with E-state index in [1.54, 1.807) is 7.05 Å². The van der Waals surface area contributed by atoms with E-state index in [4.69, 9.17) is 0 Å². The van der Waals surface area contributed by atoms with Crippen LogP contribution in [0.2, 0.25) is 0 Å². The molecule has 0 amide bonds. The normalized spacial score (nSPS) is 27.1. The van der Waals surface area contributed by atoms with Crippen LogP contribution in [0.15, 0.2) is 6.07 Å². The van der Waals surface area contributed by atoms with E-state index in [1.807, 2.05) is 0 Å². The molecule has 1 aliphatic carbocycles. The van der Waals surface area contributed by atoms with Crippen LogP contribution in [0.5, 0.6) is 0 Å². The van der Waals surface area contributed by atoms with Gasteiger partial charge in [-0.2, -0.15) is 0 Å². The van der Waals surface area contributed by atoms with Gasteiger partial charge in [-0.3, -0.25) is 0 Å². The lowest BCUT2D eigenvalue weighted by Gasteiger charge is -2.32. The molecule has 1 aromatic rings. The van der Waals surface area contributed by atoms with Crippen molar-refractivity contribution in [3.05, 3.63) is 17.7 Å². The van der Waals surface area contributed by atoms with Gasteiger partial charge in [0.15, 0.2) is 23.3 Å². The summed E-state index contributed by atoms with van der Waals surface area (Å²) in [5.41, 5.74) is 0. The van der Waals surface area contributed by atoms with Crippen molar-refractivity contribution < 1.29 is 8.78 Å². The van der Waals surface area contributed by atoms with Gasteiger partial charge in [-0.15, -0.1) is 0 Å². The second-order valence-corrected chi connectivity index (χ2v) is 5.51. The zero-order chi connectivity index (χ0) is 14.0. The number of anilines is 2. The molecule has 5 heteroatoms. The average molecular weight is 269 g/mol. The van der Waals surface area contributed by atoms with E-state index in [9.17, 15) is 8.78 Å². The third-order valence-electron chi connectivity index (χ3n) is 4.11. The van der Waals surface area contributed by atoms with Crippen molar-refractivity contribution >= 4 is 11.6 Å². The van der Waals surface area contributed by atoms with Gasteiger partial charge in [0, 0.05) is 19.2 Å². The predicted molar refractivity (Wildman–Crippen MR) is 73.3 cm³/mol. The molecule has 0 aliphatic heterocycles. The maximum absolute atomic E-state index is 13.7. The standard InChI is InChI=1S/C14H21F2N3/c1-8-4-5-10(6-9(8)2)18-14-12(16)7-11(15)13(17-3)19-14/h7-10H,4-6H2,1-3H3,(H2,17,18,19). The highest BCUT2D eigenvalue weighted by molar-refractivity contribution is 5.47. The Morgan fingerprint density at radius 3 is 2.42 bits per heavy atom. The zero-order valence-electron chi connectivity index (χ0n) is 11.6. The van der Waals surface area contributed by atoms with Crippen LogP contribution in [-0.4, -0.2) is 18.1 Å². The zero-order valence-corrected chi connectivity index (χ0v) is 11.6. The van der Waals surface area contributed by atoms with Crippen LogP contribution < -0.4 is 10.6 Å². The molecule has 19 heavy (non-hydrogen) atoms. The van der Waals surface area contributed by atoms with Crippen LogP contribution >= 0.6 is 0 Å². The Morgan fingerprint density at radius 2 is 1.79 bits per heavy atom. The fourth-order valence-electron chi connectivity index (χ4n) is 2.62. The molecule has 1 fully saturated rings. The predicted octanol–water partition coefficient (Wildman–Crippen LogP) is 3.64. The number of nitrogens with one attached hydrogen (secondary N) is 2. The summed E-state index contributed by atoms with van der Waals surface area (Å²) in [4.78, 5) is 3.96. The number of hydrogen-bond donors (Lipinski definition) is 2. The largest absolute Gasteiger partial charge is 0.371 e. The first-order valence-corrected chi connectivity index (χ1v) is 6.81. The molecule has 1 heterocycles. The molecule has 3 unspecified atom stereocenters. The van der Waals surface area contributed by atoms with Crippen LogP contribution in [0.25, 0.3) is 0 Å². The first-order valence-electron chi connectivity index (χ1n) is 6.81. The Labute approximate surface area is 112 Å². The minimum absolute atomic E-state index is 0.0705. The van der Waals surface area contributed by atoms with Crippen LogP contribution in [0.3, 0.4) is 0 Å². The topological polar surface area (TPSA) is 37.0 Å². The Kier molecular flexibility index (Phi) is 4.22. The van der Waals surface area contributed by atoms with Crippen molar-refractivity contribution in [1.29, 1.82) is 0 Å². The number of nitrogens with zero attached hydrogens (tertiary/aromatic N) is 1. The van der Waals surface area contributed by atoms with Gasteiger partial charge in [-0.25, -0.2) is 13.8 Å². The molecule has 2 rings (SSSR count). The molecule has 3 nitrogen and oxygen atoms in total. The molecule has 0 radical (unpaired) electrons. The van der Waals surface area contributed by atoms with Gasteiger partial charge in [-0.05, 0) is 31.1 Å². The first-order chi connectivity index (χ1) is 9.01. The third-order valence-corrected chi connectivity index (χ3v) is 4.11. The quantitative estimate of drug-likeness (QED) is 0.879. The summed E-state index contributed by atoms with van der Waals surface area (Å²) in [5.74, 6) is 0.216. The highest BCUT2D eigenvalue weighted by atomic mass is 19.1. The molecule has 0 spiro atoms. The second kappa shape index (κ2) is 5.72. The van der Waals surface area contributed by atoms with Gasteiger partial charge in [0.05, 0.1) is 0 Å². The Morgan fingerprint density at radius 1 is 1.11 bits per heavy atom. The van der Waals surface area contributed by atoms with Gasteiger partial charge < -0.3 is 10.6 Å². The van der Waals surface area contributed by atoms with Crippen molar-refractivity contribution in [3.8, 4) is 0 Å². The smallest absolute Gasteiger partial charge is 0.168 e. The first kappa shape index (κ1) is 14.0. The lowest BCUT2D eigenvalue weighted by Crippen LogP contribution is -2.31. The highest BCUT2D eigenvalue weighted by Crippen LogP contribution is 2.31. The van der Waals surface area contributed by atoms with E-state index in [-0.39, 0.29) is 17.7 Å². The SMILES string of the molecule is CNc1nc(NC2CCC(C)C(C)C2)c(F)cc1F. The number of halogens is 2. The summed E-state index contributed by atoms with van der Waals surface area (Å²) >= 11 is 0. The minimum atomic E-state index is -0.670. The van der Waals surface area contributed by atoms with Crippen LogP contribution in [0.4, 0.5) is 20.4 Å². The van der Waals surface area contributed by atoms with Crippen molar-refractivity contribution in [2.75, 3.05) is 17.7 Å². The molecule has 3 atom stereocenters. The third kappa shape index (κ3) is 3.14. The summed E-state index contributed by atoms with van der Waals surface area (Å²) in [6.45, 7) is 4.46. The van der Waals surface area contributed by atoms with Crippen LogP contribution in [0.1, 0.15) is 33.1 Å². The van der Waals surface area contributed by atoms with E-state index in [0.29, 0.717) is 11.8 Å². The number of rotatable bonds is 3. The fourth-order valence-corrected chi connectivity index (χ4v) is 2.62. The maximum atomic E-state index is 13.7. The van der Waals surface area contributed by atoms with E-state index in [0.717, 1.165) is 25.3 Å². The molecule has 0 saturated heterocycles. The van der Waals surface area contributed by atoms with Gasteiger partial charge in [0.2, 0.25) is 0 Å². The molecule has 1 aliphatic rings. The monoisotopic (exact) mass is 269 g/mol. The number of hydrogen-bond acceptors (Lipinski definition) is 3. The van der Waals surface area contributed by atoms with Crippen LogP contribution in [0, 0.1) is 23.5 Å². The molecule has 106 valence electrons. The maximum Gasteiger partial charge on any atom is 0.168 e. The van der Waals surface area contributed by atoms with E-state index >= 15 is 0 Å². The molecule has 1 aromatic heterocycles. The minimum Gasteiger partial charge on any atom is -0.371 e. The van der Waals surface area contributed by atoms with E-state index in [1.165, 1.54) is 0 Å². The van der Waals surface area contributed by atoms with E-state index < -0.39 is 11.6 Å². The van der Waals surface area contributed by atoms with Gasteiger partial charge in [-0.1, -0.05) is 13.8 Å². The molecular formula is C14H21F2N3. The molecule has 2 N–H and O–H groups in total. The van der Waals surface area contributed by atoms with Crippen molar-refractivity contribution in [3.63, 3.8) is 0 Å². The second-order valence-electron chi connectivity index (χ2n) is 5.51. The van der Waals surface area contributed by atoms with Gasteiger partial charge in [0.1, 0.15) is 0 Å². The van der Waals surface area contributed by atoms with Crippen molar-refractivity contribution in [1.82, 2.24) is 4.98 Å². The van der Waals surface area contributed by atoms with Crippen molar-refractivity contribution in [2.24, 2.45) is 11.8 Å². The lowest BCUT2D eigenvalue weighted by atomic mass is 9.79. The Hall–Kier alpha value is -1.39. The Balaban J connectivity index is 2.11. The fraction of sp³-hybridized carbons (Fsp3) is 0.643. The molecule has 0 bridgehead atoms. The van der Waals surface area contributed by atoms with Crippen molar-refractivity contribution in [2.45, 2.75) is 39.2 Å². The average Bonchev–Trinajstić information content (AvgIpc) is 2.37. The summed E-state index contributed by atoms with van der Waals surface area (Å²) in [6.07, 6.45) is 3.12. The lowest BCUT2D eigenvalue weighted by molar-refractivity contribution is 0.260. The molecule has 0 aromatic carbocycles. The number of aromatic nitrogens is 1. The summed E-state index contributed by atoms with van der Waals surface area (Å²) in [6, 6.07) is 1.08. The number of pyridine rings is 1. The summed E-state index contributed by atoms with van der Waals surface area (Å²) < 4.78 is 27.0. The highest BCUT2D eigenvalue weighted by Gasteiger charge is 2.25. The molecule has 1 saturated carbocycles. The van der Waals surface area contributed by atoms with Gasteiger partial charge in [0.25, 0.3) is 0 Å². The van der Waals surface area contributed by atoms with E-state index in [2.05, 4.69) is 29.5 Å². The van der Waals surface area contributed by atoms with Crippen LogP contribution in [-0.2, 0) is 0 Å². The summed E-state index contributed by atoms with van der Waals surface area (Å²) in [5, 5.41) is 5.73. The Bertz CT molecular complexity index is 451. The van der Waals surface area contributed by atoms with Gasteiger partial charge >= 0.3 is 0 Å².